The number of benzene rings is 2. The van der Waals surface area contributed by atoms with E-state index in [1.807, 2.05) is 12.1 Å². The summed E-state index contributed by atoms with van der Waals surface area (Å²) >= 11 is 0. The van der Waals surface area contributed by atoms with Gasteiger partial charge in [-0.1, -0.05) is 18.2 Å². The fourth-order valence-electron chi connectivity index (χ4n) is 2.78. The number of hydrogen-bond acceptors (Lipinski definition) is 5. The van der Waals surface area contributed by atoms with Crippen molar-refractivity contribution < 1.29 is 14.2 Å². The van der Waals surface area contributed by atoms with Gasteiger partial charge in [0, 0.05) is 38.1 Å². The molecule has 3 rings (SSSR count). The van der Waals surface area contributed by atoms with Crippen LogP contribution in [0.25, 0.3) is 0 Å². The van der Waals surface area contributed by atoms with Gasteiger partial charge in [-0.3, -0.25) is 0 Å². The average Bonchev–Trinajstić information content (AvgIpc) is 2.68. The molecule has 1 fully saturated rings. The standard InChI is InChI=1S/C20H26N2O3/c1-23-13-14-25-20-7-5-17(6-8-20)16-21-18-3-2-4-19(15-18)22-9-11-24-12-10-22/h2-8,15,21H,9-14,16H2,1H3. The SMILES string of the molecule is COCCOc1ccc(CNc2cccc(N3CCOCC3)c2)cc1. The number of nitrogens with one attached hydrogen (secondary N) is 1. The van der Waals surface area contributed by atoms with Crippen molar-refractivity contribution in [2.24, 2.45) is 0 Å². The number of rotatable bonds is 8. The van der Waals surface area contributed by atoms with E-state index in [2.05, 4.69) is 46.6 Å². The van der Waals surface area contributed by atoms with Crippen LogP contribution < -0.4 is 15.0 Å². The number of anilines is 2. The van der Waals surface area contributed by atoms with Gasteiger partial charge in [0.1, 0.15) is 12.4 Å². The predicted molar refractivity (Wildman–Crippen MR) is 101 cm³/mol. The van der Waals surface area contributed by atoms with Gasteiger partial charge in [-0.2, -0.15) is 0 Å². The molecule has 0 unspecified atom stereocenters. The molecule has 0 saturated carbocycles. The molecule has 1 heterocycles. The van der Waals surface area contributed by atoms with E-state index in [0.29, 0.717) is 13.2 Å². The Labute approximate surface area is 149 Å². The van der Waals surface area contributed by atoms with Crippen LogP contribution in [0.4, 0.5) is 11.4 Å². The lowest BCUT2D eigenvalue weighted by molar-refractivity contribution is 0.122. The zero-order chi connectivity index (χ0) is 17.3. The highest BCUT2D eigenvalue weighted by molar-refractivity contribution is 5.58. The van der Waals surface area contributed by atoms with E-state index in [1.54, 1.807) is 7.11 Å². The van der Waals surface area contributed by atoms with E-state index in [9.17, 15) is 0 Å². The molecular formula is C20H26N2O3. The topological polar surface area (TPSA) is 43.0 Å². The third-order valence-electron chi connectivity index (χ3n) is 4.20. The maximum Gasteiger partial charge on any atom is 0.119 e. The summed E-state index contributed by atoms with van der Waals surface area (Å²) < 4.78 is 16.0. The van der Waals surface area contributed by atoms with Crippen LogP contribution in [0.2, 0.25) is 0 Å². The summed E-state index contributed by atoms with van der Waals surface area (Å²) in [6.07, 6.45) is 0. The van der Waals surface area contributed by atoms with Crippen LogP contribution in [0, 0.1) is 0 Å². The van der Waals surface area contributed by atoms with Crippen LogP contribution in [-0.2, 0) is 16.0 Å². The summed E-state index contributed by atoms with van der Waals surface area (Å²) in [6, 6.07) is 16.7. The highest BCUT2D eigenvalue weighted by Crippen LogP contribution is 2.21. The van der Waals surface area contributed by atoms with Crippen molar-refractivity contribution in [3.05, 3.63) is 54.1 Å². The minimum atomic E-state index is 0.572. The maximum absolute atomic E-state index is 5.59. The summed E-state index contributed by atoms with van der Waals surface area (Å²) in [6.45, 7) is 5.46. The lowest BCUT2D eigenvalue weighted by Crippen LogP contribution is -2.36. The fraction of sp³-hybridized carbons (Fsp3) is 0.400. The molecule has 2 aromatic carbocycles. The van der Waals surface area contributed by atoms with Crippen LogP contribution in [0.5, 0.6) is 5.75 Å². The second-order valence-corrected chi connectivity index (χ2v) is 5.99. The minimum Gasteiger partial charge on any atom is -0.491 e. The Bertz CT molecular complexity index is 640. The molecule has 0 aliphatic carbocycles. The molecule has 0 bridgehead atoms. The maximum atomic E-state index is 5.59. The lowest BCUT2D eigenvalue weighted by Gasteiger charge is -2.29. The van der Waals surface area contributed by atoms with Crippen molar-refractivity contribution in [1.82, 2.24) is 0 Å². The van der Waals surface area contributed by atoms with Crippen LogP contribution in [0.3, 0.4) is 0 Å². The van der Waals surface area contributed by atoms with Gasteiger partial charge in [-0.15, -0.1) is 0 Å². The van der Waals surface area contributed by atoms with E-state index in [0.717, 1.165) is 44.3 Å². The molecule has 0 spiro atoms. The van der Waals surface area contributed by atoms with Crippen LogP contribution in [-0.4, -0.2) is 46.6 Å². The molecule has 1 aliphatic heterocycles. The molecule has 0 atom stereocenters. The Morgan fingerprint density at radius 3 is 2.60 bits per heavy atom. The molecule has 5 nitrogen and oxygen atoms in total. The highest BCUT2D eigenvalue weighted by Gasteiger charge is 2.11. The second-order valence-electron chi connectivity index (χ2n) is 5.99. The largest absolute Gasteiger partial charge is 0.491 e. The number of nitrogens with zero attached hydrogens (tertiary/aromatic N) is 1. The first-order valence-corrected chi connectivity index (χ1v) is 8.72. The lowest BCUT2D eigenvalue weighted by atomic mass is 10.2. The summed E-state index contributed by atoms with van der Waals surface area (Å²) in [5, 5.41) is 3.49. The number of methoxy groups -OCH3 is 1. The normalized spacial score (nSPS) is 14.4. The Kier molecular flexibility index (Phi) is 6.54. The van der Waals surface area contributed by atoms with Crippen LogP contribution in [0.15, 0.2) is 48.5 Å². The quantitative estimate of drug-likeness (QED) is 0.747. The molecule has 25 heavy (non-hydrogen) atoms. The van der Waals surface area contributed by atoms with Crippen molar-refractivity contribution in [3.63, 3.8) is 0 Å². The van der Waals surface area contributed by atoms with Gasteiger partial charge >= 0.3 is 0 Å². The van der Waals surface area contributed by atoms with Gasteiger partial charge in [-0.05, 0) is 35.9 Å². The first-order chi connectivity index (χ1) is 12.3. The van der Waals surface area contributed by atoms with E-state index in [1.165, 1.54) is 11.3 Å². The summed E-state index contributed by atoms with van der Waals surface area (Å²) in [5.41, 5.74) is 3.59. The van der Waals surface area contributed by atoms with Crippen LogP contribution in [0.1, 0.15) is 5.56 Å². The fourth-order valence-corrected chi connectivity index (χ4v) is 2.78. The third kappa shape index (κ3) is 5.37. The van der Waals surface area contributed by atoms with Gasteiger partial charge in [-0.25, -0.2) is 0 Å². The number of hydrogen-bond donors (Lipinski definition) is 1. The molecule has 134 valence electrons. The molecule has 0 aromatic heterocycles. The summed E-state index contributed by atoms with van der Waals surface area (Å²) in [5.74, 6) is 0.870. The van der Waals surface area contributed by atoms with Gasteiger partial charge in [0.2, 0.25) is 0 Å². The molecule has 5 heteroatoms. The summed E-state index contributed by atoms with van der Waals surface area (Å²) in [7, 11) is 1.67. The number of ether oxygens (including phenoxy) is 3. The smallest absolute Gasteiger partial charge is 0.119 e. The van der Waals surface area contributed by atoms with E-state index >= 15 is 0 Å². The second kappa shape index (κ2) is 9.30. The Morgan fingerprint density at radius 1 is 1.04 bits per heavy atom. The van der Waals surface area contributed by atoms with Crippen molar-refractivity contribution in [2.75, 3.05) is 56.8 Å². The molecule has 0 radical (unpaired) electrons. The molecule has 2 aromatic rings. The summed E-state index contributed by atoms with van der Waals surface area (Å²) in [4.78, 5) is 2.36. The highest BCUT2D eigenvalue weighted by atomic mass is 16.5. The zero-order valence-electron chi connectivity index (χ0n) is 14.7. The molecule has 1 saturated heterocycles. The molecule has 0 amide bonds. The van der Waals surface area contributed by atoms with Gasteiger partial charge < -0.3 is 24.4 Å². The Morgan fingerprint density at radius 2 is 1.84 bits per heavy atom. The van der Waals surface area contributed by atoms with E-state index in [4.69, 9.17) is 14.2 Å². The zero-order valence-corrected chi connectivity index (χ0v) is 14.7. The molecule has 1 aliphatic rings. The van der Waals surface area contributed by atoms with E-state index < -0.39 is 0 Å². The Balaban J connectivity index is 1.52. The van der Waals surface area contributed by atoms with Crippen LogP contribution >= 0.6 is 0 Å². The first kappa shape index (κ1) is 17.6. The van der Waals surface area contributed by atoms with Crippen molar-refractivity contribution in [3.8, 4) is 5.75 Å². The van der Waals surface area contributed by atoms with Gasteiger partial charge in [0.05, 0.1) is 19.8 Å². The Hall–Kier alpha value is -2.24. The van der Waals surface area contributed by atoms with Crippen molar-refractivity contribution in [1.29, 1.82) is 0 Å². The minimum absolute atomic E-state index is 0.572. The van der Waals surface area contributed by atoms with Crippen molar-refractivity contribution in [2.45, 2.75) is 6.54 Å². The number of morpholine rings is 1. The average molecular weight is 342 g/mol. The molecular weight excluding hydrogens is 316 g/mol. The van der Waals surface area contributed by atoms with Crippen molar-refractivity contribution >= 4 is 11.4 Å². The first-order valence-electron chi connectivity index (χ1n) is 8.72. The predicted octanol–water partition coefficient (Wildman–Crippen LogP) is 3.16. The molecule has 1 N–H and O–H groups in total. The third-order valence-corrected chi connectivity index (χ3v) is 4.20. The monoisotopic (exact) mass is 342 g/mol. The van der Waals surface area contributed by atoms with Gasteiger partial charge in [0.15, 0.2) is 0 Å². The van der Waals surface area contributed by atoms with Gasteiger partial charge in [0.25, 0.3) is 0 Å². The van der Waals surface area contributed by atoms with E-state index in [-0.39, 0.29) is 0 Å².